The maximum Gasteiger partial charge on any atom is 0.410 e. The molecule has 0 spiro atoms. The zero-order valence-corrected chi connectivity index (χ0v) is 10.9. The first-order valence-corrected chi connectivity index (χ1v) is 5.84. The summed E-state index contributed by atoms with van der Waals surface area (Å²) in [4.78, 5) is 24.2. The van der Waals surface area contributed by atoms with Gasteiger partial charge in [-0.25, -0.2) is 4.79 Å². The fourth-order valence-corrected chi connectivity index (χ4v) is 1.90. The Kier molecular flexibility index (Phi) is 4.14. The predicted molar refractivity (Wildman–Crippen MR) is 62.6 cm³/mol. The third-order valence-corrected chi connectivity index (χ3v) is 2.61. The van der Waals surface area contributed by atoms with Crippen LogP contribution in [0.4, 0.5) is 4.79 Å². The van der Waals surface area contributed by atoms with Crippen molar-refractivity contribution < 1.29 is 19.4 Å². The van der Waals surface area contributed by atoms with Crippen LogP contribution < -0.4 is 0 Å². The second kappa shape index (κ2) is 5.04. The van der Waals surface area contributed by atoms with Crippen molar-refractivity contribution >= 4 is 11.9 Å². The molecule has 1 saturated heterocycles. The number of carbonyl (C=O) groups is 2. The first-order chi connectivity index (χ1) is 7.69. The first-order valence-electron chi connectivity index (χ1n) is 5.84. The van der Waals surface area contributed by atoms with E-state index in [1.54, 1.807) is 20.8 Å². The smallest absolute Gasteiger partial charge is 0.410 e. The van der Waals surface area contributed by atoms with E-state index in [0.29, 0.717) is 13.0 Å². The van der Waals surface area contributed by atoms with E-state index in [1.807, 2.05) is 0 Å². The molecular formula is C12H21NO4. The topological polar surface area (TPSA) is 66.8 Å². The minimum absolute atomic E-state index is 0.0279. The molecule has 1 rings (SSSR count). The van der Waals surface area contributed by atoms with Crippen molar-refractivity contribution in [1.29, 1.82) is 0 Å². The van der Waals surface area contributed by atoms with E-state index in [1.165, 1.54) is 11.8 Å². The van der Waals surface area contributed by atoms with Gasteiger partial charge in [0.05, 0.1) is 12.6 Å². The Hall–Kier alpha value is -1.10. The van der Waals surface area contributed by atoms with Crippen molar-refractivity contribution in [1.82, 2.24) is 4.90 Å². The number of Topliss-reactive ketones (excluding diaryl/α,β-unsaturated/α-hetero) is 1. The number of hydrogen-bond donors (Lipinski definition) is 1. The molecule has 0 aromatic heterocycles. The minimum Gasteiger partial charge on any atom is -0.444 e. The number of carbonyl (C=O) groups excluding carboxylic acids is 2. The molecule has 1 heterocycles. The molecule has 1 aliphatic heterocycles. The second-order valence-electron chi connectivity index (χ2n) is 5.62. The number of ether oxygens (including phenoxy) is 1. The molecule has 0 radical (unpaired) electrons. The van der Waals surface area contributed by atoms with E-state index in [-0.39, 0.29) is 18.2 Å². The van der Waals surface area contributed by atoms with Gasteiger partial charge in [0.25, 0.3) is 0 Å². The van der Waals surface area contributed by atoms with Gasteiger partial charge < -0.3 is 19.5 Å². The van der Waals surface area contributed by atoms with E-state index in [9.17, 15) is 14.7 Å². The van der Waals surface area contributed by atoms with Gasteiger partial charge in [-0.05, 0) is 27.7 Å². The van der Waals surface area contributed by atoms with Gasteiger partial charge in [-0.3, -0.25) is 0 Å². The molecule has 17 heavy (non-hydrogen) atoms. The summed E-state index contributed by atoms with van der Waals surface area (Å²) >= 11 is 0. The van der Waals surface area contributed by atoms with Crippen LogP contribution in [-0.4, -0.2) is 46.7 Å². The van der Waals surface area contributed by atoms with E-state index in [0.717, 1.165) is 0 Å². The Bertz CT molecular complexity index is 308. The number of rotatable bonds is 2. The van der Waals surface area contributed by atoms with Crippen LogP contribution in [0.5, 0.6) is 0 Å². The molecule has 1 fully saturated rings. The highest BCUT2D eigenvalue weighted by Crippen LogP contribution is 2.22. The highest BCUT2D eigenvalue weighted by atomic mass is 16.6. The zero-order valence-electron chi connectivity index (χ0n) is 10.9. The monoisotopic (exact) mass is 243 g/mol. The second-order valence-corrected chi connectivity index (χ2v) is 5.62. The third kappa shape index (κ3) is 4.34. The number of β-amino-alcohol motifs (C(OH)–C–C–N with tert-alkyl or cyclic N) is 1. The van der Waals surface area contributed by atoms with Gasteiger partial charge in [-0.2, -0.15) is 0 Å². The van der Waals surface area contributed by atoms with Crippen LogP contribution in [0.1, 0.15) is 34.1 Å². The number of likely N-dealkylation sites (tertiary alicyclic amines) is 1. The summed E-state index contributed by atoms with van der Waals surface area (Å²) in [5.41, 5.74) is -0.541. The van der Waals surface area contributed by atoms with Crippen molar-refractivity contribution in [3.8, 4) is 0 Å². The highest BCUT2D eigenvalue weighted by molar-refractivity contribution is 5.76. The Morgan fingerprint density at radius 3 is 2.41 bits per heavy atom. The summed E-state index contributed by atoms with van der Waals surface area (Å²) in [5, 5.41) is 9.75. The Balaban J connectivity index is 2.53. The predicted octanol–water partition coefficient (Wildman–Crippen LogP) is 1.19. The van der Waals surface area contributed by atoms with Crippen LogP contribution in [0.25, 0.3) is 0 Å². The minimum atomic E-state index is -0.633. The molecule has 2 atom stereocenters. The summed E-state index contributed by atoms with van der Waals surface area (Å²) in [5.74, 6) is -0.139. The standard InChI is InChI=1S/C12H21NO4/c1-8(14)5-9-6-13(7-10(9)15)11(16)17-12(2,3)4/h9-10,15H,5-7H2,1-4H3. The summed E-state index contributed by atoms with van der Waals surface area (Å²) < 4.78 is 5.21. The normalized spacial score (nSPS) is 24.9. The van der Waals surface area contributed by atoms with Gasteiger partial charge in [0, 0.05) is 18.9 Å². The SMILES string of the molecule is CC(=O)CC1CN(C(=O)OC(C)(C)C)CC1O. The Morgan fingerprint density at radius 1 is 1.35 bits per heavy atom. The Morgan fingerprint density at radius 2 is 1.94 bits per heavy atom. The molecule has 1 amide bonds. The maximum absolute atomic E-state index is 11.7. The van der Waals surface area contributed by atoms with Crippen LogP contribution in [0.2, 0.25) is 0 Å². The number of amides is 1. The van der Waals surface area contributed by atoms with Crippen LogP contribution in [0.3, 0.4) is 0 Å². The summed E-state index contributed by atoms with van der Waals surface area (Å²) in [6.45, 7) is 7.50. The molecule has 5 nitrogen and oxygen atoms in total. The first kappa shape index (κ1) is 14.0. The van der Waals surface area contributed by atoms with Gasteiger partial charge in [0.15, 0.2) is 0 Å². The number of nitrogens with zero attached hydrogens (tertiary/aromatic N) is 1. The van der Waals surface area contributed by atoms with Gasteiger partial charge in [0.2, 0.25) is 0 Å². The molecule has 1 N–H and O–H groups in total. The van der Waals surface area contributed by atoms with Crippen molar-refractivity contribution in [2.24, 2.45) is 5.92 Å². The van der Waals surface area contributed by atoms with E-state index in [4.69, 9.17) is 4.74 Å². The zero-order chi connectivity index (χ0) is 13.2. The van der Waals surface area contributed by atoms with Crippen molar-refractivity contribution in [2.45, 2.75) is 45.8 Å². The molecule has 0 bridgehead atoms. The van der Waals surface area contributed by atoms with E-state index >= 15 is 0 Å². The lowest BCUT2D eigenvalue weighted by atomic mass is 10.0. The fourth-order valence-electron chi connectivity index (χ4n) is 1.90. The molecule has 0 aromatic rings. The molecule has 0 saturated carbocycles. The number of ketones is 1. The van der Waals surface area contributed by atoms with Gasteiger partial charge in [-0.15, -0.1) is 0 Å². The molecule has 5 heteroatoms. The van der Waals surface area contributed by atoms with Crippen molar-refractivity contribution in [3.05, 3.63) is 0 Å². The molecule has 1 aliphatic rings. The fraction of sp³-hybridized carbons (Fsp3) is 0.833. The lowest BCUT2D eigenvalue weighted by molar-refractivity contribution is -0.118. The Labute approximate surface area is 102 Å². The number of hydrogen-bond acceptors (Lipinski definition) is 4. The van der Waals surface area contributed by atoms with Gasteiger partial charge in [-0.1, -0.05) is 0 Å². The average Bonchev–Trinajstić information content (AvgIpc) is 2.44. The van der Waals surface area contributed by atoms with E-state index in [2.05, 4.69) is 0 Å². The summed E-state index contributed by atoms with van der Waals surface area (Å²) in [6, 6.07) is 0. The van der Waals surface area contributed by atoms with Gasteiger partial charge in [0.1, 0.15) is 11.4 Å². The quantitative estimate of drug-likeness (QED) is 0.791. The van der Waals surface area contributed by atoms with Crippen molar-refractivity contribution in [3.63, 3.8) is 0 Å². The van der Waals surface area contributed by atoms with Gasteiger partial charge >= 0.3 is 6.09 Å². The highest BCUT2D eigenvalue weighted by Gasteiger charge is 2.36. The lowest BCUT2D eigenvalue weighted by Gasteiger charge is -2.24. The lowest BCUT2D eigenvalue weighted by Crippen LogP contribution is -2.35. The van der Waals surface area contributed by atoms with Crippen molar-refractivity contribution in [2.75, 3.05) is 13.1 Å². The van der Waals surface area contributed by atoms with Crippen LogP contribution >= 0.6 is 0 Å². The average molecular weight is 243 g/mol. The van der Waals surface area contributed by atoms with Crippen LogP contribution in [0.15, 0.2) is 0 Å². The molecule has 2 unspecified atom stereocenters. The largest absolute Gasteiger partial charge is 0.444 e. The summed E-state index contributed by atoms with van der Waals surface area (Å²) in [6.07, 6.45) is -0.755. The summed E-state index contributed by atoms with van der Waals surface area (Å²) in [7, 11) is 0. The third-order valence-electron chi connectivity index (χ3n) is 2.61. The van der Waals surface area contributed by atoms with Crippen LogP contribution in [-0.2, 0) is 9.53 Å². The maximum atomic E-state index is 11.7. The van der Waals surface area contributed by atoms with E-state index < -0.39 is 17.8 Å². The van der Waals surface area contributed by atoms with Crippen LogP contribution in [0, 0.1) is 5.92 Å². The molecule has 0 aromatic carbocycles. The number of aliphatic hydroxyl groups excluding tert-OH is 1. The molecule has 0 aliphatic carbocycles. The number of aliphatic hydroxyl groups is 1. The molecular weight excluding hydrogens is 222 g/mol. The molecule has 98 valence electrons.